The van der Waals surface area contributed by atoms with E-state index in [9.17, 15) is 9.90 Å². The highest BCUT2D eigenvalue weighted by Crippen LogP contribution is 2.35. The maximum Gasteiger partial charge on any atom is 0.236 e. The summed E-state index contributed by atoms with van der Waals surface area (Å²) < 4.78 is 0. The minimum Gasteiger partial charge on any atom is -0.393 e. The van der Waals surface area contributed by atoms with Crippen LogP contribution in [0.3, 0.4) is 0 Å². The van der Waals surface area contributed by atoms with E-state index in [4.69, 9.17) is 0 Å². The third-order valence-corrected chi connectivity index (χ3v) is 4.67. The summed E-state index contributed by atoms with van der Waals surface area (Å²) in [5, 5.41) is 9.73. The van der Waals surface area contributed by atoms with Crippen LogP contribution in [0.25, 0.3) is 0 Å². The number of carbonyl (C=O) groups excluding carboxylic acids is 1. The second-order valence-electron chi connectivity index (χ2n) is 5.92. The Hall–Kier alpha value is -0.610. The molecule has 3 fully saturated rings. The Morgan fingerprint density at radius 3 is 2.35 bits per heavy atom. The second kappa shape index (κ2) is 4.25. The van der Waals surface area contributed by atoms with Crippen LogP contribution in [0.4, 0.5) is 0 Å². The fraction of sp³-hybridized carbons (Fsp3) is 0.923. The number of hydrogen-bond donors (Lipinski definition) is 1. The monoisotopic (exact) mass is 238 g/mol. The summed E-state index contributed by atoms with van der Waals surface area (Å²) in [6.07, 6.45) is 6.24. The number of likely N-dealkylation sites (N-methyl/N-ethyl adjacent to an activating group) is 1. The van der Waals surface area contributed by atoms with Crippen molar-refractivity contribution in [1.82, 2.24) is 9.80 Å². The van der Waals surface area contributed by atoms with Gasteiger partial charge in [0.05, 0.1) is 12.6 Å². The van der Waals surface area contributed by atoms with Gasteiger partial charge in [0.1, 0.15) is 0 Å². The topological polar surface area (TPSA) is 43.8 Å². The molecule has 2 saturated heterocycles. The van der Waals surface area contributed by atoms with E-state index in [1.54, 1.807) is 0 Å². The van der Waals surface area contributed by atoms with Gasteiger partial charge in [-0.1, -0.05) is 0 Å². The van der Waals surface area contributed by atoms with E-state index in [0.717, 1.165) is 25.7 Å². The third-order valence-electron chi connectivity index (χ3n) is 4.67. The summed E-state index contributed by atoms with van der Waals surface area (Å²) in [6.45, 7) is 0.565. The molecule has 2 bridgehead atoms. The van der Waals surface area contributed by atoms with Gasteiger partial charge in [0.15, 0.2) is 0 Å². The Morgan fingerprint density at radius 1 is 1.24 bits per heavy atom. The Bertz CT molecular complexity index is 303. The van der Waals surface area contributed by atoms with Crippen LogP contribution in [0.15, 0.2) is 0 Å². The van der Waals surface area contributed by atoms with Crippen molar-refractivity contribution in [3.8, 4) is 0 Å². The average Bonchev–Trinajstić information content (AvgIpc) is 3.08. The number of aliphatic hydroxyl groups excluding tert-OH is 1. The average molecular weight is 238 g/mol. The minimum absolute atomic E-state index is 0.139. The van der Waals surface area contributed by atoms with Crippen LogP contribution < -0.4 is 0 Å². The number of rotatable bonds is 3. The van der Waals surface area contributed by atoms with Gasteiger partial charge in [-0.25, -0.2) is 0 Å². The van der Waals surface area contributed by atoms with Crippen molar-refractivity contribution >= 4 is 5.91 Å². The number of hydrogen-bond acceptors (Lipinski definition) is 3. The summed E-state index contributed by atoms with van der Waals surface area (Å²) in [6, 6.07) is 1.40. The molecule has 3 aliphatic rings. The Kier molecular flexibility index (Phi) is 2.87. The molecular weight excluding hydrogens is 216 g/mol. The molecular formula is C13H22N2O2. The smallest absolute Gasteiger partial charge is 0.236 e. The Morgan fingerprint density at radius 2 is 1.82 bits per heavy atom. The van der Waals surface area contributed by atoms with Gasteiger partial charge in [-0.3, -0.25) is 9.69 Å². The SMILES string of the molecule is CN(C(=O)CN1C2CCC1CC(O)C2)C1CC1. The van der Waals surface area contributed by atoms with E-state index in [1.165, 1.54) is 12.8 Å². The van der Waals surface area contributed by atoms with Crippen LogP contribution in [0.1, 0.15) is 38.5 Å². The zero-order valence-electron chi connectivity index (χ0n) is 10.5. The maximum absolute atomic E-state index is 12.1. The summed E-state index contributed by atoms with van der Waals surface area (Å²) in [4.78, 5) is 16.4. The molecule has 0 aromatic rings. The first-order valence-corrected chi connectivity index (χ1v) is 6.84. The maximum atomic E-state index is 12.1. The van der Waals surface area contributed by atoms with Gasteiger partial charge >= 0.3 is 0 Å². The zero-order chi connectivity index (χ0) is 12.0. The van der Waals surface area contributed by atoms with Gasteiger partial charge in [-0.15, -0.1) is 0 Å². The molecule has 1 aliphatic carbocycles. The molecule has 0 radical (unpaired) electrons. The van der Waals surface area contributed by atoms with Crippen molar-refractivity contribution < 1.29 is 9.90 Å². The van der Waals surface area contributed by atoms with Gasteiger partial charge in [0, 0.05) is 25.2 Å². The van der Waals surface area contributed by atoms with E-state index in [1.807, 2.05) is 11.9 Å². The molecule has 96 valence electrons. The summed E-state index contributed by atoms with van der Waals surface area (Å²) in [7, 11) is 1.93. The number of fused-ring (bicyclic) bond motifs is 2. The lowest BCUT2D eigenvalue weighted by Gasteiger charge is -2.37. The van der Waals surface area contributed by atoms with Crippen LogP contribution >= 0.6 is 0 Å². The first-order valence-electron chi connectivity index (χ1n) is 6.84. The van der Waals surface area contributed by atoms with Crippen molar-refractivity contribution in [3.05, 3.63) is 0 Å². The van der Waals surface area contributed by atoms with E-state index >= 15 is 0 Å². The zero-order valence-corrected chi connectivity index (χ0v) is 10.5. The molecule has 1 saturated carbocycles. The lowest BCUT2D eigenvalue weighted by atomic mass is 10.00. The van der Waals surface area contributed by atoms with Crippen molar-refractivity contribution in [2.75, 3.05) is 13.6 Å². The molecule has 0 spiro atoms. The Balaban J connectivity index is 1.60. The highest BCUT2D eigenvalue weighted by molar-refractivity contribution is 5.78. The molecule has 2 aliphatic heterocycles. The van der Waals surface area contributed by atoms with Gasteiger partial charge in [-0.2, -0.15) is 0 Å². The highest BCUT2D eigenvalue weighted by Gasteiger charge is 2.41. The fourth-order valence-electron chi connectivity index (χ4n) is 3.44. The summed E-state index contributed by atoms with van der Waals surface area (Å²) >= 11 is 0. The predicted octanol–water partition coefficient (Wildman–Crippen LogP) is 0.595. The molecule has 4 nitrogen and oxygen atoms in total. The standard InChI is InChI=1S/C13H22N2O2/c1-14(9-2-3-9)13(17)8-15-10-4-5-11(15)7-12(16)6-10/h9-12,16H,2-8H2,1H3. The first kappa shape index (κ1) is 11.5. The number of nitrogens with zero attached hydrogens (tertiary/aromatic N) is 2. The summed E-state index contributed by atoms with van der Waals surface area (Å²) in [5.74, 6) is 0.265. The van der Waals surface area contributed by atoms with Crippen molar-refractivity contribution in [2.24, 2.45) is 0 Å². The lowest BCUT2D eigenvalue weighted by Crippen LogP contribution is -2.49. The normalized spacial score (nSPS) is 37.2. The molecule has 1 amide bonds. The second-order valence-corrected chi connectivity index (χ2v) is 5.92. The van der Waals surface area contributed by atoms with E-state index < -0.39 is 0 Å². The Labute approximate surface area is 103 Å². The van der Waals surface area contributed by atoms with Gasteiger partial charge < -0.3 is 10.0 Å². The number of amides is 1. The van der Waals surface area contributed by atoms with Crippen molar-refractivity contribution in [2.45, 2.75) is 62.8 Å². The molecule has 2 unspecified atom stereocenters. The van der Waals surface area contributed by atoms with Crippen LogP contribution in [0.5, 0.6) is 0 Å². The van der Waals surface area contributed by atoms with Crippen LogP contribution in [0.2, 0.25) is 0 Å². The predicted molar refractivity (Wildman–Crippen MR) is 64.5 cm³/mol. The van der Waals surface area contributed by atoms with E-state index in [-0.39, 0.29) is 12.0 Å². The minimum atomic E-state index is -0.139. The molecule has 4 heteroatoms. The van der Waals surface area contributed by atoms with Crippen molar-refractivity contribution in [1.29, 1.82) is 0 Å². The number of piperidine rings is 1. The highest BCUT2D eigenvalue weighted by atomic mass is 16.3. The van der Waals surface area contributed by atoms with Crippen LogP contribution in [0, 0.1) is 0 Å². The largest absolute Gasteiger partial charge is 0.393 e. The molecule has 0 aromatic heterocycles. The first-order chi connectivity index (χ1) is 8.15. The quantitative estimate of drug-likeness (QED) is 0.783. The molecule has 0 aromatic carbocycles. The van der Waals surface area contributed by atoms with Crippen LogP contribution in [-0.4, -0.2) is 58.6 Å². The van der Waals surface area contributed by atoms with E-state index in [2.05, 4.69) is 4.90 Å². The number of carbonyl (C=O) groups is 1. The lowest BCUT2D eigenvalue weighted by molar-refractivity contribution is -0.133. The van der Waals surface area contributed by atoms with Gasteiger partial charge in [-0.05, 0) is 38.5 Å². The molecule has 3 rings (SSSR count). The molecule has 17 heavy (non-hydrogen) atoms. The third kappa shape index (κ3) is 2.20. The number of aliphatic hydroxyl groups is 1. The summed E-state index contributed by atoms with van der Waals surface area (Å²) in [5.41, 5.74) is 0. The van der Waals surface area contributed by atoms with E-state index in [0.29, 0.717) is 24.7 Å². The van der Waals surface area contributed by atoms with Crippen molar-refractivity contribution in [3.63, 3.8) is 0 Å². The van der Waals surface area contributed by atoms with Gasteiger partial charge in [0.2, 0.25) is 5.91 Å². The fourth-order valence-corrected chi connectivity index (χ4v) is 3.44. The molecule has 2 heterocycles. The van der Waals surface area contributed by atoms with Gasteiger partial charge in [0.25, 0.3) is 0 Å². The molecule has 2 atom stereocenters. The molecule has 1 N–H and O–H groups in total. The van der Waals surface area contributed by atoms with Crippen LogP contribution in [-0.2, 0) is 4.79 Å².